The highest BCUT2D eigenvalue weighted by Crippen LogP contribution is 2.29. The molecule has 6 heteroatoms. The first kappa shape index (κ1) is 17.3. The maximum Gasteiger partial charge on any atom is 0.261 e. The number of halogens is 1. The van der Waals surface area contributed by atoms with E-state index in [1.807, 2.05) is 31.3 Å². The number of anilines is 1. The SMILES string of the molecule is CN1CCc2cccc(NS(=O)(=O)c3ccc4c(Cl)cccc4c3)c2C1. The van der Waals surface area contributed by atoms with Crippen molar-refractivity contribution in [2.24, 2.45) is 0 Å². The van der Waals surface area contributed by atoms with Crippen molar-refractivity contribution in [3.63, 3.8) is 0 Å². The minimum Gasteiger partial charge on any atom is -0.302 e. The molecule has 0 radical (unpaired) electrons. The van der Waals surface area contributed by atoms with E-state index in [0.29, 0.717) is 10.7 Å². The molecule has 1 aliphatic rings. The molecule has 0 saturated carbocycles. The summed E-state index contributed by atoms with van der Waals surface area (Å²) in [6, 6.07) is 16.3. The number of rotatable bonds is 3. The van der Waals surface area contributed by atoms with Crippen molar-refractivity contribution in [1.29, 1.82) is 0 Å². The van der Waals surface area contributed by atoms with E-state index in [0.717, 1.165) is 35.8 Å². The zero-order valence-corrected chi connectivity index (χ0v) is 15.9. The molecule has 4 nitrogen and oxygen atoms in total. The number of nitrogens with zero attached hydrogens (tertiary/aromatic N) is 1. The Balaban J connectivity index is 1.73. The number of hydrogen-bond donors (Lipinski definition) is 1. The molecule has 0 aliphatic carbocycles. The molecule has 0 spiro atoms. The van der Waals surface area contributed by atoms with Gasteiger partial charge in [-0.25, -0.2) is 8.42 Å². The second kappa shape index (κ2) is 6.58. The highest BCUT2D eigenvalue weighted by atomic mass is 35.5. The molecule has 3 aromatic carbocycles. The normalized spacial score (nSPS) is 15.0. The summed E-state index contributed by atoms with van der Waals surface area (Å²) < 4.78 is 28.7. The lowest BCUT2D eigenvalue weighted by molar-refractivity contribution is 0.313. The van der Waals surface area contributed by atoms with Gasteiger partial charge in [0, 0.05) is 23.5 Å². The van der Waals surface area contributed by atoms with E-state index in [9.17, 15) is 8.42 Å². The van der Waals surface area contributed by atoms with Gasteiger partial charge in [0.2, 0.25) is 0 Å². The number of nitrogens with one attached hydrogen (secondary N) is 1. The van der Waals surface area contributed by atoms with Crippen molar-refractivity contribution < 1.29 is 8.42 Å². The van der Waals surface area contributed by atoms with Crippen LogP contribution in [0.15, 0.2) is 59.5 Å². The van der Waals surface area contributed by atoms with E-state index in [1.54, 1.807) is 24.3 Å². The first-order valence-corrected chi connectivity index (χ1v) is 10.3. The standard InChI is InChI=1S/C20H19ClN2O2S/c1-23-11-10-14-4-3-7-20(18(14)13-23)22-26(24,25)16-8-9-17-15(12-16)5-2-6-19(17)21/h2-9,12,22H,10-11,13H2,1H3. The summed E-state index contributed by atoms with van der Waals surface area (Å²) in [6.07, 6.45) is 0.926. The maximum atomic E-state index is 12.9. The Morgan fingerprint density at radius 2 is 1.88 bits per heavy atom. The van der Waals surface area contributed by atoms with Gasteiger partial charge in [0.1, 0.15) is 0 Å². The van der Waals surface area contributed by atoms with Crippen LogP contribution in [0.4, 0.5) is 5.69 Å². The van der Waals surface area contributed by atoms with Gasteiger partial charge in [0.15, 0.2) is 0 Å². The monoisotopic (exact) mass is 386 g/mol. The summed E-state index contributed by atoms with van der Waals surface area (Å²) >= 11 is 6.18. The fourth-order valence-corrected chi connectivity index (χ4v) is 4.78. The van der Waals surface area contributed by atoms with Crippen molar-refractivity contribution in [2.75, 3.05) is 18.3 Å². The van der Waals surface area contributed by atoms with E-state index in [-0.39, 0.29) is 4.90 Å². The Bertz CT molecular complexity index is 1100. The lowest BCUT2D eigenvalue weighted by Gasteiger charge is -2.27. The molecule has 1 N–H and O–H groups in total. The van der Waals surface area contributed by atoms with E-state index >= 15 is 0 Å². The van der Waals surface area contributed by atoms with Crippen LogP contribution in [0.2, 0.25) is 5.02 Å². The summed E-state index contributed by atoms with van der Waals surface area (Å²) in [6.45, 7) is 1.72. The number of fused-ring (bicyclic) bond motifs is 2. The Kier molecular flexibility index (Phi) is 4.39. The molecule has 0 bridgehead atoms. The third-order valence-corrected chi connectivity index (χ3v) is 6.51. The van der Waals surface area contributed by atoms with Crippen molar-refractivity contribution in [3.8, 4) is 0 Å². The van der Waals surface area contributed by atoms with Gasteiger partial charge < -0.3 is 4.90 Å². The van der Waals surface area contributed by atoms with Crippen LogP contribution in [-0.4, -0.2) is 26.9 Å². The van der Waals surface area contributed by atoms with Gasteiger partial charge in [-0.15, -0.1) is 0 Å². The molecule has 134 valence electrons. The van der Waals surface area contributed by atoms with Crippen LogP contribution in [0.25, 0.3) is 10.8 Å². The Morgan fingerprint density at radius 3 is 2.73 bits per heavy atom. The van der Waals surface area contributed by atoms with Crippen LogP contribution in [0.5, 0.6) is 0 Å². The lowest BCUT2D eigenvalue weighted by atomic mass is 9.99. The lowest BCUT2D eigenvalue weighted by Crippen LogP contribution is -2.28. The van der Waals surface area contributed by atoms with E-state index < -0.39 is 10.0 Å². The molecule has 4 rings (SSSR count). The fourth-order valence-electron chi connectivity index (χ4n) is 3.40. The molecule has 1 aliphatic heterocycles. The molecule has 0 amide bonds. The van der Waals surface area contributed by atoms with Crippen LogP contribution >= 0.6 is 11.6 Å². The van der Waals surface area contributed by atoms with E-state index in [2.05, 4.69) is 15.7 Å². The molecule has 1 heterocycles. The predicted octanol–water partition coefficient (Wildman–Crippen LogP) is 4.28. The third-order valence-electron chi connectivity index (χ3n) is 4.82. The van der Waals surface area contributed by atoms with Gasteiger partial charge in [0.25, 0.3) is 10.0 Å². The largest absolute Gasteiger partial charge is 0.302 e. The zero-order chi connectivity index (χ0) is 18.3. The molecular weight excluding hydrogens is 368 g/mol. The summed E-state index contributed by atoms with van der Waals surface area (Å²) in [4.78, 5) is 2.42. The van der Waals surface area contributed by atoms with E-state index in [4.69, 9.17) is 11.6 Å². The Labute approximate surface area is 158 Å². The number of sulfonamides is 1. The van der Waals surface area contributed by atoms with Crippen LogP contribution in [0, 0.1) is 0 Å². The summed E-state index contributed by atoms with van der Waals surface area (Å²) in [7, 11) is -1.64. The van der Waals surface area contributed by atoms with Crippen molar-refractivity contribution >= 4 is 38.1 Å². The fraction of sp³-hybridized carbons (Fsp3) is 0.200. The molecule has 0 unspecified atom stereocenters. The van der Waals surface area contributed by atoms with Crippen molar-refractivity contribution in [2.45, 2.75) is 17.9 Å². The van der Waals surface area contributed by atoms with Crippen LogP contribution in [0.1, 0.15) is 11.1 Å². The number of benzene rings is 3. The van der Waals surface area contributed by atoms with E-state index in [1.165, 1.54) is 5.56 Å². The van der Waals surface area contributed by atoms with Gasteiger partial charge in [-0.2, -0.15) is 0 Å². The maximum absolute atomic E-state index is 12.9. The predicted molar refractivity (Wildman–Crippen MR) is 106 cm³/mol. The molecule has 0 saturated heterocycles. The first-order valence-electron chi connectivity index (χ1n) is 8.44. The van der Waals surface area contributed by atoms with Gasteiger partial charge in [0.05, 0.1) is 10.6 Å². The minimum absolute atomic E-state index is 0.231. The second-order valence-corrected chi connectivity index (χ2v) is 8.75. The highest BCUT2D eigenvalue weighted by molar-refractivity contribution is 7.92. The van der Waals surface area contributed by atoms with Gasteiger partial charge in [-0.3, -0.25) is 4.72 Å². The van der Waals surface area contributed by atoms with Crippen molar-refractivity contribution in [3.05, 3.63) is 70.7 Å². The summed E-state index contributed by atoms with van der Waals surface area (Å²) in [5.74, 6) is 0. The molecule has 3 aromatic rings. The smallest absolute Gasteiger partial charge is 0.261 e. The van der Waals surface area contributed by atoms with Crippen molar-refractivity contribution in [1.82, 2.24) is 4.90 Å². The number of hydrogen-bond acceptors (Lipinski definition) is 3. The second-order valence-electron chi connectivity index (χ2n) is 6.66. The first-order chi connectivity index (χ1) is 12.4. The van der Waals surface area contributed by atoms with Gasteiger partial charge in [-0.1, -0.05) is 41.9 Å². The molecule has 26 heavy (non-hydrogen) atoms. The summed E-state index contributed by atoms with van der Waals surface area (Å²) in [5, 5.41) is 2.25. The van der Waals surface area contributed by atoms with Crippen LogP contribution < -0.4 is 4.72 Å². The topological polar surface area (TPSA) is 49.4 Å². The van der Waals surface area contributed by atoms with Crippen LogP contribution in [-0.2, 0) is 23.0 Å². The van der Waals surface area contributed by atoms with Crippen LogP contribution in [0.3, 0.4) is 0 Å². The third kappa shape index (κ3) is 3.18. The molecule has 0 fully saturated rings. The Morgan fingerprint density at radius 1 is 1.08 bits per heavy atom. The molecular formula is C20H19ClN2O2S. The molecule has 0 atom stereocenters. The zero-order valence-electron chi connectivity index (χ0n) is 14.4. The molecule has 0 aromatic heterocycles. The average molecular weight is 387 g/mol. The Hall–Kier alpha value is -2.08. The summed E-state index contributed by atoms with van der Waals surface area (Å²) in [5.41, 5.74) is 2.91. The highest BCUT2D eigenvalue weighted by Gasteiger charge is 2.21. The van der Waals surface area contributed by atoms with Gasteiger partial charge in [-0.05, 0) is 54.2 Å². The number of likely N-dealkylation sites (N-methyl/N-ethyl adjacent to an activating group) is 1. The minimum atomic E-state index is -3.68. The quantitative estimate of drug-likeness (QED) is 0.730. The van der Waals surface area contributed by atoms with Gasteiger partial charge >= 0.3 is 0 Å². The average Bonchev–Trinajstić information content (AvgIpc) is 2.62.